The maximum atomic E-state index is 9.45. The first kappa shape index (κ1) is 22.4. The number of carbonyl (C=O) groups is 1. The van der Waals surface area contributed by atoms with E-state index in [4.69, 9.17) is 10.2 Å². The molecule has 0 saturated carbocycles. The van der Waals surface area contributed by atoms with E-state index in [9.17, 15) is 4.79 Å². The zero-order chi connectivity index (χ0) is 5.15. The first-order valence-electron chi connectivity index (χ1n) is 1.55. The molecule has 0 rings (SSSR count). The fourth-order valence-electron chi connectivity index (χ4n) is 0. The van der Waals surface area contributed by atoms with Gasteiger partial charge in [0.1, 0.15) is 6.10 Å². The van der Waals surface area contributed by atoms with Gasteiger partial charge in [-0.25, -0.2) is 4.79 Å². The Morgan fingerprint density at radius 3 is 1.67 bits per heavy atom. The molecule has 0 aliphatic heterocycles. The quantitative estimate of drug-likeness (QED) is 0.488. The van der Waals surface area contributed by atoms with Gasteiger partial charge in [-0.15, -0.1) is 12.4 Å². The Morgan fingerprint density at radius 2 is 1.67 bits per heavy atom. The zero-order valence-corrected chi connectivity index (χ0v) is 4.60. The molecule has 3 nitrogen and oxygen atoms in total. The molecule has 2 N–H and O–H groups in total. The summed E-state index contributed by atoms with van der Waals surface area (Å²) in [5, 5.41) is 15.8. The van der Waals surface area contributed by atoms with Crippen molar-refractivity contribution in [2.24, 2.45) is 0 Å². The van der Waals surface area contributed by atoms with Crippen molar-refractivity contribution in [1.82, 2.24) is 0 Å². The van der Waals surface area contributed by atoms with Crippen molar-refractivity contribution < 1.29 is 15.0 Å². The first-order chi connectivity index (χ1) is 2.64. The van der Waals surface area contributed by atoms with Crippen LogP contribution in [0.3, 0.4) is 0 Å². The summed E-state index contributed by atoms with van der Waals surface area (Å²) < 4.78 is 0. The van der Waals surface area contributed by atoms with Crippen molar-refractivity contribution in [2.45, 2.75) is 13.0 Å². The summed E-state index contributed by atoms with van der Waals surface area (Å²) in [5.74, 6) is -1.19. The molecule has 0 aromatic rings. The van der Waals surface area contributed by atoms with E-state index >= 15 is 0 Å². The number of aliphatic carboxylic acids is 1. The zero-order valence-electron chi connectivity index (χ0n) is 3.79. The summed E-state index contributed by atoms with van der Waals surface area (Å²) in [6.45, 7) is 1.20. The van der Waals surface area contributed by atoms with Crippen molar-refractivity contribution in [3.05, 3.63) is 0 Å². The first-order valence-corrected chi connectivity index (χ1v) is 1.55. The summed E-state index contributed by atoms with van der Waals surface area (Å²) in [7, 11) is 0. The molecule has 0 spiro atoms. The monoisotopic (exact) mass is 192 g/mol. The van der Waals surface area contributed by atoms with Crippen LogP contribution in [-0.4, -0.2) is 89.6 Å². The Labute approximate surface area is 112 Å². The van der Waals surface area contributed by atoms with Gasteiger partial charge in [0.25, 0.3) is 0 Å². The van der Waals surface area contributed by atoms with Crippen LogP contribution in [0.5, 0.6) is 0 Å². The molecule has 0 heterocycles. The van der Waals surface area contributed by atoms with Crippen LogP contribution in [-0.2, 0) is 4.79 Å². The predicted molar refractivity (Wildman–Crippen MR) is 42.3 cm³/mol. The number of carboxylic acids is 1. The van der Waals surface area contributed by atoms with Crippen LogP contribution >= 0.6 is 12.4 Å². The van der Waals surface area contributed by atoms with Gasteiger partial charge in [-0.3, -0.25) is 0 Å². The molecule has 0 amide bonds. The van der Waals surface area contributed by atoms with Gasteiger partial charge in [-0.1, -0.05) is 0 Å². The molecule has 6 heteroatoms. The molecule has 1 atom stereocenters. The predicted octanol–water partition coefficient (Wildman–Crippen LogP) is -1.69. The molecule has 0 aliphatic rings. The molecular formula is C3H10CaClNaO3. The van der Waals surface area contributed by atoms with Crippen molar-refractivity contribution in [2.75, 3.05) is 0 Å². The van der Waals surface area contributed by atoms with Gasteiger partial charge in [0, 0.05) is 0 Å². The van der Waals surface area contributed by atoms with E-state index in [1.165, 1.54) is 6.92 Å². The summed E-state index contributed by atoms with van der Waals surface area (Å²) in [6.07, 6.45) is -1.23. The Balaban J connectivity index is -0.0000000417. The molecule has 0 bridgehead atoms. The van der Waals surface area contributed by atoms with E-state index in [2.05, 4.69) is 0 Å². The van der Waals surface area contributed by atoms with Crippen LogP contribution in [0.15, 0.2) is 0 Å². The maximum absolute atomic E-state index is 9.45. The van der Waals surface area contributed by atoms with Crippen LogP contribution in [0.25, 0.3) is 0 Å². The van der Waals surface area contributed by atoms with Gasteiger partial charge in [-0.05, 0) is 6.92 Å². The van der Waals surface area contributed by atoms with E-state index in [0.717, 1.165) is 0 Å². The second kappa shape index (κ2) is 12.6. The Bertz CT molecular complexity index is 70.1. The molecule has 0 aliphatic carbocycles. The summed E-state index contributed by atoms with van der Waals surface area (Å²) >= 11 is 0. The van der Waals surface area contributed by atoms with Crippen molar-refractivity contribution in [3.8, 4) is 0 Å². The third kappa shape index (κ3) is 17.8. The van der Waals surface area contributed by atoms with Crippen molar-refractivity contribution in [1.29, 1.82) is 0 Å². The van der Waals surface area contributed by atoms with Crippen molar-refractivity contribution in [3.63, 3.8) is 0 Å². The molecule has 0 aromatic heterocycles. The van der Waals surface area contributed by atoms with Crippen LogP contribution in [0.4, 0.5) is 0 Å². The molecule has 0 saturated heterocycles. The standard InChI is InChI=1S/C3H6O3.Ca.ClH.Na.3H/c1-2(4)3(5)6;;;;;;/h2,4H,1H3,(H,5,6);;1H;;;;. The van der Waals surface area contributed by atoms with Crippen LogP contribution in [0.1, 0.15) is 6.92 Å². The second-order valence-electron chi connectivity index (χ2n) is 1.01. The number of hydrogen-bond donors (Lipinski definition) is 2. The minimum atomic E-state index is -1.23. The van der Waals surface area contributed by atoms with E-state index in [1.807, 2.05) is 0 Å². The minimum absolute atomic E-state index is 0. The Kier molecular flexibility index (Phi) is 31.5. The van der Waals surface area contributed by atoms with E-state index in [-0.39, 0.29) is 79.7 Å². The Morgan fingerprint density at radius 1 is 1.56 bits per heavy atom. The van der Waals surface area contributed by atoms with Gasteiger partial charge in [0.05, 0.1) is 0 Å². The van der Waals surface area contributed by atoms with Gasteiger partial charge >= 0.3 is 73.3 Å². The molecule has 50 valence electrons. The average Bonchev–Trinajstić information content (AvgIpc) is 1.36. The number of halogens is 1. The van der Waals surface area contributed by atoms with Crippen LogP contribution in [0, 0.1) is 0 Å². The molecule has 0 fully saturated rings. The number of carboxylic acid groups (broad SMARTS) is 1. The average molecular weight is 193 g/mol. The number of rotatable bonds is 1. The number of hydrogen-bond acceptors (Lipinski definition) is 2. The molecule has 0 radical (unpaired) electrons. The molecule has 9 heavy (non-hydrogen) atoms. The fraction of sp³-hybridized carbons (Fsp3) is 0.667. The normalized spacial score (nSPS) is 9.11. The SMILES string of the molecule is CC(O)C(=O)O.Cl.[CaH2].[NaH]. The summed E-state index contributed by atoms with van der Waals surface area (Å²) in [5.41, 5.74) is 0. The second-order valence-corrected chi connectivity index (χ2v) is 1.01. The molecular weight excluding hydrogens is 183 g/mol. The van der Waals surface area contributed by atoms with E-state index in [0.29, 0.717) is 0 Å². The van der Waals surface area contributed by atoms with Crippen molar-refractivity contribution >= 4 is 85.7 Å². The van der Waals surface area contributed by atoms with Crippen LogP contribution in [0.2, 0.25) is 0 Å². The molecule has 0 aromatic carbocycles. The number of aliphatic hydroxyl groups is 1. The third-order valence-electron chi connectivity index (χ3n) is 0.357. The van der Waals surface area contributed by atoms with Gasteiger partial charge < -0.3 is 10.2 Å². The van der Waals surface area contributed by atoms with Gasteiger partial charge in [0.15, 0.2) is 0 Å². The summed E-state index contributed by atoms with van der Waals surface area (Å²) in [4.78, 5) is 9.45. The van der Waals surface area contributed by atoms with Crippen LogP contribution < -0.4 is 0 Å². The Hall–Kier alpha value is 1.98. The van der Waals surface area contributed by atoms with Gasteiger partial charge in [-0.2, -0.15) is 0 Å². The fourth-order valence-corrected chi connectivity index (χ4v) is 0. The van der Waals surface area contributed by atoms with Gasteiger partial charge in [0.2, 0.25) is 0 Å². The number of aliphatic hydroxyl groups excluding tert-OH is 1. The summed E-state index contributed by atoms with van der Waals surface area (Å²) in [6, 6.07) is 0. The molecule has 1 unspecified atom stereocenters. The van der Waals surface area contributed by atoms with E-state index < -0.39 is 12.1 Å². The third-order valence-corrected chi connectivity index (χ3v) is 0.357. The topological polar surface area (TPSA) is 57.5 Å². The van der Waals surface area contributed by atoms with E-state index in [1.54, 1.807) is 0 Å².